The predicted molar refractivity (Wildman–Crippen MR) is 83.6 cm³/mol. The molecule has 22 heavy (non-hydrogen) atoms. The van der Waals surface area contributed by atoms with Gasteiger partial charge in [0.05, 0.1) is 20.3 Å². The van der Waals surface area contributed by atoms with Gasteiger partial charge in [0, 0.05) is 43.4 Å². The fraction of sp³-hybridized carbons (Fsp3) is 0.471. The van der Waals surface area contributed by atoms with Crippen LogP contribution in [-0.2, 0) is 9.53 Å². The topological polar surface area (TPSA) is 48.0 Å². The second-order valence-electron chi connectivity index (χ2n) is 5.60. The number of ether oxygens (including phenoxy) is 3. The molecular formula is C17H21NO4. The molecule has 1 aliphatic heterocycles. The van der Waals surface area contributed by atoms with Crippen molar-refractivity contribution in [2.75, 3.05) is 32.3 Å². The third-order valence-electron chi connectivity index (χ3n) is 4.10. The summed E-state index contributed by atoms with van der Waals surface area (Å²) >= 11 is 0. The Bertz CT molecular complexity index is 590. The Kier molecular flexibility index (Phi) is 4.34. The Morgan fingerprint density at radius 1 is 1.27 bits per heavy atom. The van der Waals surface area contributed by atoms with E-state index in [1.807, 2.05) is 30.1 Å². The molecule has 0 N–H and O–H groups in total. The van der Waals surface area contributed by atoms with Gasteiger partial charge in [0.15, 0.2) is 17.3 Å². The molecule has 0 amide bonds. The van der Waals surface area contributed by atoms with Crippen molar-refractivity contribution in [2.45, 2.75) is 25.4 Å². The molecule has 0 saturated carbocycles. The monoisotopic (exact) mass is 303 g/mol. The van der Waals surface area contributed by atoms with Gasteiger partial charge in [-0.05, 0) is 18.6 Å². The van der Waals surface area contributed by atoms with E-state index in [2.05, 4.69) is 0 Å². The van der Waals surface area contributed by atoms with Crippen LogP contribution in [0.1, 0.15) is 19.3 Å². The number of anilines is 1. The Morgan fingerprint density at radius 2 is 2.14 bits per heavy atom. The maximum absolute atomic E-state index is 11.4. The second kappa shape index (κ2) is 6.40. The summed E-state index contributed by atoms with van der Waals surface area (Å²) in [5, 5.41) is 0. The zero-order valence-corrected chi connectivity index (χ0v) is 13.0. The van der Waals surface area contributed by atoms with Gasteiger partial charge in [-0.15, -0.1) is 0 Å². The first kappa shape index (κ1) is 14.9. The Labute approximate surface area is 130 Å². The molecule has 1 aromatic carbocycles. The van der Waals surface area contributed by atoms with Gasteiger partial charge in [-0.25, -0.2) is 0 Å². The van der Waals surface area contributed by atoms with E-state index in [-0.39, 0.29) is 11.9 Å². The van der Waals surface area contributed by atoms with Gasteiger partial charge in [-0.1, -0.05) is 0 Å². The summed E-state index contributed by atoms with van der Waals surface area (Å²) < 4.78 is 16.7. The first-order valence-corrected chi connectivity index (χ1v) is 7.57. The molecule has 1 heterocycles. The molecule has 1 aromatic rings. The first-order chi connectivity index (χ1) is 10.7. The second-order valence-corrected chi connectivity index (χ2v) is 5.60. The van der Waals surface area contributed by atoms with Crippen molar-refractivity contribution in [1.29, 1.82) is 0 Å². The van der Waals surface area contributed by atoms with Gasteiger partial charge < -0.3 is 19.1 Å². The highest BCUT2D eigenvalue weighted by atomic mass is 16.6. The highest BCUT2D eigenvalue weighted by molar-refractivity contribution is 5.93. The van der Waals surface area contributed by atoms with Crippen LogP contribution in [0.25, 0.3) is 0 Å². The molecule has 3 rings (SSSR count). The number of ketones is 1. The number of carbonyl (C=O) groups is 1. The number of hydrogen-bond donors (Lipinski definition) is 0. The summed E-state index contributed by atoms with van der Waals surface area (Å²) in [6.45, 7) is 1.35. The van der Waals surface area contributed by atoms with Gasteiger partial charge in [0.1, 0.15) is 6.10 Å². The maximum atomic E-state index is 11.4. The van der Waals surface area contributed by atoms with Crippen LogP contribution in [0.4, 0.5) is 5.69 Å². The quantitative estimate of drug-likeness (QED) is 0.836. The number of hydrogen-bond acceptors (Lipinski definition) is 5. The molecule has 1 saturated heterocycles. The number of nitrogens with zero attached hydrogens (tertiary/aromatic N) is 1. The standard InChI is InChI=1S/C17H21NO4/c1-18(12-3-5-14(19)9-12)13-4-6-16(20-2)17(10-13)22-15-7-8-21-11-15/h4,6,9-10,15H,3,5,7-8,11H2,1-2H3/t15-/m0/s1. The predicted octanol–water partition coefficient (Wildman–Crippen LogP) is 2.55. The molecule has 0 spiro atoms. The van der Waals surface area contributed by atoms with Crippen molar-refractivity contribution in [3.05, 3.63) is 30.0 Å². The molecule has 0 radical (unpaired) electrons. The zero-order valence-electron chi connectivity index (χ0n) is 13.0. The average Bonchev–Trinajstić information content (AvgIpc) is 3.18. The lowest BCUT2D eigenvalue weighted by Gasteiger charge is -2.23. The number of benzene rings is 1. The third-order valence-corrected chi connectivity index (χ3v) is 4.10. The Balaban J connectivity index is 1.82. The van der Waals surface area contributed by atoms with E-state index in [1.165, 1.54) is 0 Å². The van der Waals surface area contributed by atoms with Gasteiger partial charge in [0.2, 0.25) is 0 Å². The first-order valence-electron chi connectivity index (χ1n) is 7.57. The molecule has 2 aliphatic rings. The van der Waals surface area contributed by atoms with Crippen molar-refractivity contribution in [3.8, 4) is 11.5 Å². The van der Waals surface area contributed by atoms with Crippen LogP contribution in [0, 0.1) is 0 Å². The number of rotatable bonds is 5. The minimum absolute atomic E-state index is 0.0710. The molecule has 0 unspecified atom stereocenters. The van der Waals surface area contributed by atoms with E-state index >= 15 is 0 Å². The van der Waals surface area contributed by atoms with Crippen LogP contribution in [0.5, 0.6) is 11.5 Å². The lowest BCUT2D eigenvalue weighted by atomic mass is 10.2. The van der Waals surface area contributed by atoms with Crippen LogP contribution < -0.4 is 14.4 Å². The van der Waals surface area contributed by atoms with Crippen LogP contribution in [0.15, 0.2) is 30.0 Å². The Morgan fingerprint density at radius 3 is 2.77 bits per heavy atom. The van der Waals surface area contributed by atoms with Crippen molar-refractivity contribution in [2.24, 2.45) is 0 Å². The van der Waals surface area contributed by atoms with E-state index in [0.29, 0.717) is 24.5 Å². The highest BCUT2D eigenvalue weighted by Gasteiger charge is 2.21. The number of methoxy groups -OCH3 is 1. The van der Waals surface area contributed by atoms with E-state index in [1.54, 1.807) is 13.2 Å². The fourth-order valence-corrected chi connectivity index (χ4v) is 2.76. The molecule has 5 heteroatoms. The van der Waals surface area contributed by atoms with Gasteiger partial charge in [-0.3, -0.25) is 4.79 Å². The van der Waals surface area contributed by atoms with Crippen molar-refractivity contribution in [3.63, 3.8) is 0 Å². The van der Waals surface area contributed by atoms with Crippen molar-refractivity contribution in [1.82, 2.24) is 0 Å². The van der Waals surface area contributed by atoms with Crippen LogP contribution >= 0.6 is 0 Å². The van der Waals surface area contributed by atoms with E-state index in [9.17, 15) is 4.79 Å². The molecule has 1 atom stereocenters. The Hall–Kier alpha value is -2.01. The summed E-state index contributed by atoms with van der Waals surface area (Å²) in [6, 6.07) is 5.83. The lowest BCUT2D eigenvalue weighted by Crippen LogP contribution is -2.18. The summed E-state index contributed by atoms with van der Waals surface area (Å²) in [5.41, 5.74) is 2.01. The van der Waals surface area contributed by atoms with Crippen LogP contribution in [0.3, 0.4) is 0 Å². The molecule has 1 aliphatic carbocycles. The molecular weight excluding hydrogens is 282 g/mol. The van der Waals surface area contributed by atoms with E-state index < -0.39 is 0 Å². The average molecular weight is 303 g/mol. The molecule has 0 aromatic heterocycles. The number of carbonyl (C=O) groups excluding carboxylic acids is 1. The normalized spacial score (nSPS) is 20.9. The minimum Gasteiger partial charge on any atom is -0.493 e. The summed E-state index contributed by atoms with van der Waals surface area (Å²) in [4.78, 5) is 13.5. The summed E-state index contributed by atoms with van der Waals surface area (Å²) in [5.74, 6) is 1.61. The van der Waals surface area contributed by atoms with Crippen LogP contribution in [-0.4, -0.2) is 39.3 Å². The maximum Gasteiger partial charge on any atom is 0.163 e. The highest BCUT2D eigenvalue weighted by Crippen LogP contribution is 2.35. The fourth-order valence-electron chi connectivity index (χ4n) is 2.76. The van der Waals surface area contributed by atoms with Gasteiger partial charge in [-0.2, -0.15) is 0 Å². The van der Waals surface area contributed by atoms with Gasteiger partial charge in [0.25, 0.3) is 0 Å². The SMILES string of the molecule is COc1ccc(N(C)C2=CC(=O)CC2)cc1O[C@H]1CCOC1. The zero-order chi connectivity index (χ0) is 15.5. The molecule has 118 valence electrons. The molecule has 0 bridgehead atoms. The van der Waals surface area contributed by atoms with Crippen molar-refractivity contribution >= 4 is 11.5 Å². The largest absolute Gasteiger partial charge is 0.493 e. The molecule has 5 nitrogen and oxygen atoms in total. The summed E-state index contributed by atoms with van der Waals surface area (Å²) in [6.07, 6.45) is 4.06. The number of allylic oxidation sites excluding steroid dienone is 2. The smallest absolute Gasteiger partial charge is 0.163 e. The van der Waals surface area contributed by atoms with E-state index in [4.69, 9.17) is 14.2 Å². The minimum atomic E-state index is 0.0710. The van der Waals surface area contributed by atoms with Crippen LogP contribution in [0.2, 0.25) is 0 Å². The van der Waals surface area contributed by atoms with Crippen molar-refractivity contribution < 1.29 is 19.0 Å². The summed E-state index contributed by atoms with van der Waals surface area (Å²) in [7, 11) is 3.60. The lowest BCUT2D eigenvalue weighted by molar-refractivity contribution is -0.114. The van der Waals surface area contributed by atoms with Gasteiger partial charge >= 0.3 is 0 Å². The molecule has 1 fully saturated rings. The third kappa shape index (κ3) is 3.09. The van der Waals surface area contributed by atoms with E-state index in [0.717, 1.165) is 30.8 Å².